The summed E-state index contributed by atoms with van der Waals surface area (Å²) in [5.41, 5.74) is 0.629. The van der Waals surface area contributed by atoms with Crippen LogP contribution in [-0.4, -0.2) is 45.5 Å². The number of hydrogen-bond acceptors (Lipinski definition) is 6. The highest BCUT2D eigenvalue weighted by molar-refractivity contribution is 7.92. The number of hydrogen-bond donors (Lipinski definition) is 1. The third kappa shape index (κ3) is 4.78. The third-order valence-corrected chi connectivity index (χ3v) is 6.51. The second-order valence-electron chi connectivity index (χ2n) is 6.76. The maximum atomic E-state index is 13.0. The molecule has 2 aromatic heterocycles. The Morgan fingerprint density at radius 3 is 2.38 bits per heavy atom. The third-order valence-electron chi connectivity index (χ3n) is 4.63. The molecule has 2 heterocycles. The van der Waals surface area contributed by atoms with E-state index < -0.39 is 10.0 Å². The Morgan fingerprint density at radius 1 is 1.07 bits per heavy atom. The van der Waals surface area contributed by atoms with Crippen LogP contribution in [0, 0.1) is 0 Å². The van der Waals surface area contributed by atoms with Crippen molar-refractivity contribution in [2.24, 2.45) is 0 Å². The van der Waals surface area contributed by atoms with Crippen molar-refractivity contribution in [1.82, 2.24) is 9.88 Å². The van der Waals surface area contributed by atoms with Crippen molar-refractivity contribution >= 4 is 21.5 Å². The molecule has 0 amide bonds. The monoisotopic (exact) mass is 414 g/mol. The molecule has 1 aromatic carbocycles. The van der Waals surface area contributed by atoms with E-state index in [9.17, 15) is 8.42 Å². The summed E-state index contributed by atoms with van der Waals surface area (Å²) in [5.74, 6) is 1.45. The molecule has 0 spiro atoms. The van der Waals surface area contributed by atoms with E-state index in [-0.39, 0.29) is 10.9 Å². The van der Waals surface area contributed by atoms with Gasteiger partial charge in [-0.2, -0.15) is 0 Å². The number of pyridine rings is 1. The van der Waals surface area contributed by atoms with Crippen LogP contribution in [0.15, 0.2) is 76.4 Å². The van der Waals surface area contributed by atoms with Crippen molar-refractivity contribution in [3.8, 4) is 0 Å². The summed E-state index contributed by atoms with van der Waals surface area (Å²) in [6, 6.07) is 16.1. The van der Waals surface area contributed by atoms with E-state index in [4.69, 9.17) is 4.42 Å². The first-order chi connectivity index (χ1) is 13.9. The maximum Gasteiger partial charge on any atom is 0.265 e. The van der Waals surface area contributed by atoms with Gasteiger partial charge in [0.15, 0.2) is 0 Å². The first-order valence-corrected chi connectivity index (χ1v) is 10.8. The summed E-state index contributed by atoms with van der Waals surface area (Å²) in [6.45, 7) is 2.72. The number of nitrogens with one attached hydrogen (secondary N) is 1. The summed E-state index contributed by atoms with van der Waals surface area (Å²) in [4.78, 5) is 6.50. The van der Waals surface area contributed by atoms with Gasteiger partial charge in [-0.05, 0) is 57.4 Å². The zero-order valence-electron chi connectivity index (χ0n) is 16.8. The molecule has 3 rings (SSSR count). The Balaban J connectivity index is 1.74. The molecule has 0 radical (unpaired) electrons. The first-order valence-electron chi connectivity index (χ1n) is 9.41. The molecular weight excluding hydrogens is 388 g/mol. The lowest BCUT2D eigenvalue weighted by Gasteiger charge is -2.23. The van der Waals surface area contributed by atoms with Crippen LogP contribution in [0.3, 0.4) is 0 Å². The van der Waals surface area contributed by atoms with Gasteiger partial charge in [0.1, 0.15) is 16.5 Å². The van der Waals surface area contributed by atoms with Crippen molar-refractivity contribution < 1.29 is 12.8 Å². The lowest BCUT2D eigenvalue weighted by molar-refractivity contribution is 0.269. The zero-order valence-corrected chi connectivity index (χ0v) is 17.6. The molecule has 0 saturated heterocycles. The normalized spacial score (nSPS) is 12.7. The molecule has 0 bridgehead atoms. The van der Waals surface area contributed by atoms with E-state index >= 15 is 0 Å². The maximum absolute atomic E-state index is 13.0. The smallest absolute Gasteiger partial charge is 0.265 e. The molecule has 1 unspecified atom stereocenters. The van der Waals surface area contributed by atoms with Gasteiger partial charge in [-0.3, -0.25) is 9.21 Å². The Bertz CT molecular complexity index is 988. The SMILES string of the molecule is CCN(c1ccccc1)S(=O)(=O)c1ccc(NCC(c2ccco2)N(C)C)nc1. The van der Waals surface area contributed by atoms with Crippen molar-refractivity contribution in [3.05, 3.63) is 72.8 Å². The molecule has 0 fully saturated rings. The van der Waals surface area contributed by atoms with E-state index in [0.29, 0.717) is 24.6 Å². The number of sulfonamides is 1. The fourth-order valence-corrected chi connectivity index (χ4v) is 4.49. The van der Waals surface area contributed by atoms with Gasteiger partial charge in [0.05, 0.1) is 18.0 Å². The van der Waals surface area contributed by atoms with Crippen LogP contribution >= 0.6 is 0 Å². The number of nitrogens with zero attached hydrogens (tertiary/aromatic N) is 3. The van der Waals surface area contributed by atoms with Gasteiger partial charge in [0.2, 0.25) is 0 Å². The summed E-state index contributed by atoms with van der Waals surface area (Å²) in [6.07, 6.45) is 3.04. The van der Waals surface area contributed by atoms with E-state index in [0.717, 1.165) is 5.76 Å². The number of aromatic nitrogens is 1. The summed E-state index contributed by atoms with van der Waals surface area (Å²) < 4.78 is 32.9. The molecule has 0 aliphatic rings. The number of benzene rings is 1. The van der Waals surface area contributed by atoms with E-state index in [1.807, 2.05) is 56.3 Å². The van der Waals surface area contributed by atoms with Gasteiger partial charge in [0, 0.05) is 19.3 Å². The lowest BCUT2D eigenvalue weighted by Crippen LogP contribution is -2.30. The van der Waals surface area contributed by atoms with Gasteiger partial charge < -0.3 is 9.73 Å². The number of furan rings is 1. The van der Waals surface area contributed by atoms with Crippen LogP contribution in [0.25, 0.3) is 0 Å². The molecule has 1 atom stereocenters. The Kier molecular flexibility index (Phi) is 6.56. The first kappa shape index (κ1) is 20.9. The second kappa shape index (κ2) is 9.11. The van der Waals surface area contributed by atoms with Gasteiger partial charge in [-0.25, -0.2) is 13.4 Å². The molecule has 8 heteroatoms. The van der Waals surface area contributed by atoms with Crippen molar-refractivity contribution in [3.63, 3.8) is 0 Å². The van der Waals surface area contributed by atoms with Crippen LogP contribution in [-0.2, 0) is 10.0 Å². The average molecular weight is 415 g/mol. The fourth-order valence-electron chi connectivity index (χ4n) is 3.07. The highest BCUT2D eigenvalue weighted by atomic mass is 32.2. The molecule has 154 valence electrons. The van der Waals surface area contributed by atoms with E-state index in [1.165, 1.54) is 10.5 Å². The molecule has 0 aliphatic carbocycles. The number of rotatable bonds is 9. The van der Waals surface area contributed by atoms with Crippen LogP contribution in [0.1, 0.15) is 18.7 Å². The number of para-hydroxylation sites is 1. The van der Waals surface area contributed by atoms with Crippen molar-refractivity contribution in [2.45, 2.75) is 17.9 Å². The highest BCUT2D eigenvalue weighted by Gasteiger charge is 2.24. The van der Waals surface area contributed by atoms with Gasteiger partial charge >= 0.3 is 0 Å². The van der Waals surface area contributed by atoms with E-state index in [2.05, 4.69) is 10.3 Å². The molecule has 1 N–H and O–H groups in total. The molecule has 7 nitrogen and oxygen atoms in total. The fraction of sp³-hybridized carbons (Fsp3) is 0.286. The van der Waals surface area contributed by atoms with Crippen LogP contribution < -0.4 is 9.62 Å². The second-order valence-corrected chi connectivity index (χ2v) is 8.62. The minimum atomic E-state index is -3.68. The minimum Gasteiger partial charge on any atom is -0.468 e. The van der Waals surface area contributed by atoms with Crippen molar-refractivity contribution in [1.29, 1.82) is 0 Å². The molecule has 3 aromatic rings. The quantitative estimate of drug-likeness (QED) is 0.576. The highest BCUT2D eigenvalue weighted by Crippen LogP contribution is 2.24. The predicted molar refractivity (Wildman–Crippen MR) is 115 cm³/mol. The minimum absolute atomic E-state index is 0.0314. The lowest BCUT2D eigenvalue weighted by atomic mass is 10.2. The van der Waals surface area contributed by atoms with Gasteiger partial charge in [-0.1, -0.05) is 18.2 Å². The summed E-state index contributed by atoms with van der Waals surface area (Å²) in [7, 11) is 0.265. The Labute approximate surface area is 172 Å². The van der Waals surface area contributed by atoms with Crippen molar-refractivity contribution in [2.75, 3.05) is 36.8 Å². The Hall–Kier alpha value is -2.84. The standard InChI is InChI=1S/C21H26N4O3S/c1-4-25(17-9-6-5-7-10-17)29(26,27)18-12-13-21(22-15-18)23-16-19(24(2)3)20-11-8-14-28-20/h5-15,19H,4,16H2,1-3H3,(H,22,23). The molecule has 0 saturated carbocycles. The van der Waals surface area contributed by atoms with E-state index in [1.54, 1.807) is 30.5 Å². The number of anilines is 2. The topological polar surface area (TPSA) is 78.7 Å². The average Bonchev–Trinajstić information content (AvgIpc) is 3.24. The van der Waals surface area contributed by atoms with Gasteiger partial charge in [0.25, 0.3) is 10.0 Å². The number of likely N-dealkylation sites (N-methyl/N-ethyl adjacent to an activating group) is 1. The molecule has 0 aliphatic heterocycles. The summed E-state index contributed by atoms with van der Waals surface area (Å²) >= 11 is 0. The van der Waals surface area contributed by atoms with Crippen LogP contribution in [0.5, 0.6) is 0 Å². The van der Waals surface area contributed by atoms with Crippen LogP contribution in [0.2, 0.25) is 0 Å². The molecule has 29 heavy (non-hydrogen) atoms. The zero-order chi connectivity index (χ0) is 20.9. The van der Waals surface area contributed by atoms with Crippen LogP contribution in [0.4, 0.5) is 11.5 Å². The summed E-state index contributed by atoms with van der Waals surface area (Å²) in [5, 5.41) is 3.25. The van der Waals surface area contributed by atoms with Gasteiger partial charge in [-0.15, -0.1) is 0 Å². The Morgan fingerprint density at radius 2 is 1.83 bits per heavy atom. The molecular formula is C21H26N4O3S. The predicted octanol–water partition coefficient (Wildman–Crippen LogP) is 3.60. The largest absolute Gasteiger partial charge is 0.468 e.